The molecule has 0 N–H and O–H groups in total. The topological polar surface area (TPSA) is 29.2 Å². The Hall–Kier alpha value is -1.70. The maximum absolute atomic E-state index is 6.60. The Bertz CT molecular complexity index is 1130. The van der Waals surface area contributed by atoms with E-state index in [4.69, 9.17) is 40.5 Å². The predicted molar refractivity (Wildman–Crippen MR) is 131 cm³/mol. The van der Waals surface area contributed by atoms with Crippen LogP contribution in [0.1, 0.15) is 25.3 Å². The zero-order valence-corrected chi connectivity index (χ0v) is 20.4. The molecule has 8 heteroatoms. The summed E-state index contributed by atoms with van der Waals surface area (Å²) in [4.78, 5) is 4.72. The molecule has 1 aliphatic rings. The zero-order valence-electron chi connectivity index (χ0n) is 18.1. The van der Waals surface area contributed by atoms with Gasteiger partial charge in [0.25, 0.3) is 0 Å². The SMILES string of the molecule is CC(C)c1ccccc1-n1c(-c2ccc(Cl)cc2Cl)nn(CN2CCN(C)CC2)c1=S. The number of aromatic nitrogens is 3. The highest BCUT2D eigenvalue weighted by Gasteiger charge is 2.22. The number of likely N-dealkylation sites (N-methyl/N-ethyl adjacent to an activating group) is 1. The summed E-state index contributed by atoms with van der Waals surface area (Å²) < 4.78 is 4.63. The van der Waals surface area contributed by atoms with Crippen molar-refractivity contribution in [2.45, 2.75) is 26.4 Å². The molecule has 1 aromatic heterocycles. The lowest BCUT2D eigenvalue weighted by Crippen LogP contribution is -2.45. The number of nitrogens with zero attached hydrogens (tertiary/aromatic N) is 5. The fraction of sp³-hybridized carbons (Fsp3) is 0.391. The van der Waals surface area contributed by atoms with Crippen LogP contribution in [0, 0.1) is 4.77 Å². The van der Waals surface area contributed by atoms with Gasteiger partial charge < -0.3 is 4.90 Å². The molecule has 1 fully saturated rings. The second-order valence-corrected chi connectivity index (χ2v) is 9.55. The average molecular weight is 476 g/mol. The van der Waals surface area contributed by atoms with Gasteiger partial charge in [-0.1, -0.05) is 55.2 Å². The highest BCUT2D eigenvalue weighted by atomic mass is 35.5. The quantitative estimate of drug-likeness (QED) is 0.442. The van der Waals surface area contributed by atoms with Gasteiger partial charge in [-0.05, 0) is 55.0 Å². The maximum Gasteiger partial charge on any atom is 0.204 e. The third-order valence-corrected chi connectivity index (χ3v) is 6.68. The summed E-state index contributed by atoms with van der Waals surface area (Å²) in [5, 5.41) is 6.11. The van der Waals surface area contributed by atoms with Gasteiger partial charge in [-0.25, -0.2) is 4.68 Å². The summed E-state index contributed by atoms with van der Waals surface area (Å²) in [6.45, 7) is 9.09. The molecule has 0 unspecified atom stereocenters. The minimum atomic E-state index is 0.340. The molecule has 164 valence electrons. The monoisotopic (exact) mass is 475 g/mol. The molecular weight excluding hydrogens is 449 g/mol. The lowest BCUT2D eigenvalue weighted by atomic mass is 10.0. The van der Waals surface area contributed by atoms with Crippen LogP contribution in [0.25, 0.3) is 17.1 Å². The molecule has 2 aromatic carbocycles. The summed E-state index contributed by atoms with van der Waals surface area (Å²) in [6, 6.07) is 13.8. The molecule has 0 amide bonds. The van der Waals surface area contributed by atoms with Crippen molar-refractivity contribution in [1.29, 1.82) is 0 Å². The van der Waals surface area contributed by atoms with Gasteiger partial charge in [0, 0.05) is 36.8 Å². The van der Waals surface area contributed by atoms with Crippen LogP contribution in [0.2, 0.25) is 10.0 Å². The fourth-order valence-electron chi connectivity index (χ4n) is 3.92. The largest absolute Gasteiger partial charge is 0.304 e. The van der Waals surface area contributed by atoms with Crippen LogP contribution >= 0.6 is 35.4 Å². The molecule has 1 saturated heterocycles. The normalized spacial score (nSPS) is 15.7. The van der Waals surface area contributed by atoms with Crippen molar-refractivity contribution in [1.82, 2.24) is 24.1 Å². The molecule has 0 atom stereocenters. The van der Waals surface area contributed by atoms with Gasteiger partial charge in [-0.3, -0.25) is 9.47 Å². The predicted octanol–water partition coefficient (Wildman–Crippen LogP) is 5.71. The lowest BCUT2D eigenvalue weighted by molar-refractivity contribution is 0.119. The number of para-hydroxylation sites is 1. The Kier molecular flexibility index (Phi) is 6.84. The van der Waals surface area contributed by atoms with E-state index < -0.39 is 0 Å². The van der Waals surface area contributed by atoms with Crippen LogP contribution in [0.5, 0.6) is 0 Å². The maximum atomic E-state index is 6.60. The van der Waals surface area contributed by atoms with Gasteiger partial charge in [-0.2, -0.15) is 0 Å². The Morgan fingerprint density at radius 3 is 2.42 bits per heavy atom. The number of rotatable bonds is 5. The van der Waals surface area contributed by atoms with Crippen LogP contribution in [-0.2, 0) is 6.67 Å². The standard InChI is InChI=1S/C23H27Cl2N5S/c1-16(2)18-6-4-5-7-21(18)30-22(19-9-8-17(24)14-20(19)25)26-29(23(30)31)15-28-12-10-27(3)11-13-28/h4-9,14,16H,10-13,15H2,1-3H3. The van der Waals surface area contributed by atoms with Crippen molar-refractivity contribution in [2.75, 3.05) is 33.2 Å². The van der Waals surface area contributed by atoms with E-state index >= 15 is 0 Å². The van der Waals surface area contributed by atoms with E-state index in [1.165, 1.54) is 5.56 Å². The summed E-state index contributed by atoms with van der Waals surface area (Å²) in [5.41, 5.74) is 3.06. The molecule has 0 spiro atoms. The second-order valence-electron chi connectivity index (χ2n) is 8.34. The van der Waals surface area contributed by atoms with Crippen LogP contribution < -0.4 is 0 Å². The molecule has 1 aliphatic heterocycles. The highest BCUT2D eigenvalue weighted by molar-refractivity contribution is 7.71. The van der Waals surface area contributed by atoms with Crippen LogP contribution in [0.3, 0.4) is 0 Å². The molecule has 0 saturated carbocycles. The smallest absolute Gasteiger partial charge is 0.204 e. The molecule has 0 radical (unpaired) electrons. The summed E-state index contributed by atoms with van der Waals surface area (Å²) in [7, 11) is 2.15. The minimum Gasteiger partial charge on any atom is -0.304 e. The highest BCUT2D eigenvalue weighted by Crippen LogP contribution is 2.33. The third kappa shape index (κ3) is 4.73. The third-order valence-electron chi connectivity index (χ3n) is 5.74. The number of hydrogen-bond acceptors (Lipinski definition) is 4. The van der Waals surface area contributed by atoms with E-state index in [9.17, 15) is 0 Å². The van der Waals surface area contributed by atoms with E-state index in [1.54, 1.807) is 6.07 Å². The van der Waals surface area contributed by atoms with Crippen LogP contribution in [0.4, 0.5) is 0 Å². The number of halogens is 2. The lowest BCUT2D eigenvalue weighted by Gasteiger charge is -2.31. The van der Waals surface area contributed by atoms with Gasteiger partial charge in [0.1, 0.15) is 0 Å². The Balaban J connectivity index is 1.86. The Morgan fingerprint density at radius 2 is 1.74 bits per heavy atom. The van der Waals surface area contributed by atoms with Crippen molar-refractivity contribution in [3.8, 4) is 17.1 Å². The van der Waals surface area contributed by atoms with Crippen LogP contribution in [-0.4, -0.2) is 57.4 Å². The molecule has 5 nitrogen and oxygen atoms in total. The number of piperazine rings is 1. The van der Waals surface area contributed by atoms with Crippen molar-refractivity contribution < 1.29 is 0 Å². The van der Waals surface area contributed by atoms with Crippen molar-refractivity contribution in [3.63, 3.8) is 0 Å². The van der Waals surface area contributed by atoms with E-state index in [0.29, 0.717) is 27.4 Å². The first-order valence-corrected chi connectivity index (χ1v) is 11.7. The molecule has 31 heavy (non-hydrogen) atoms. The first kappa shape index (κ1) is 22.5. The van der Waals surface area contributed by atoms with Crippen molar-refractivity contribution in [2.24, 2.45) is 0 Å². The van der Waals surface area contributed by atoms with E-state index in [1.807, 2.05) is 22.9 Å². The van der Waals surface area contributed by atoms with Crippen molar-refractivity contribution in [3.05, 3.63) is 62.8 Å². The first-order chi connectivity index (χ1) is 14.8. The fourth-order valence-corrected chi connectivity index (χ4v) is 4.70. The molecule has 4 rings (SSSR count). The first-order valence-electron chi connectivity index (χ1n) is 10.5. The van der Waals surface area contributed by atoms with E-state index in [0.717, 1.165) is 43.3 Å². The van der Waals surface area contributed by atoms with Gasteiger partial charge in [-0.15, -0.1) is 5.10 Å². The number of benzene rings is 2. The summed E-state index contributed by atoms with van der Waals surface area (Å²) >= 11 is 18.7. The molecule has 3 aromatic rings. The van der Waals surface area contributed by atoms with Gasteiger partial charge >= 0.3 is 0 Å². The zero-order chi connectivity index (χ0) is 22.1. The van der Waals surface area contributed by atoms with Gasteiger partial charge in [0.15, 0.2) is 5.82 Å². The Labute approximate surface area is 198 Å². The summed E-state index contributed by atoms with van der Waals surface area (Å²) in [6.07, 6.45) is 0. The van der Waals surface area contributed by atoms with Crippen LogP contribution in [0.15, 0.2) is 42.5 Å². The minimum absolute atomic E-state index is 0.340. The van der Waals surface area contributed by atoms with Gasteiger partial charge in [0.2, 0.25) is 4.77 Å². The molecule has 0 aliphatic carbocycles. The number of hydrogen-bond donors (Lipinski definition) is 0. The average Bonchev–Trinajstić information content (AvgIpc) is 3.05. The van der Waals surface area contributed by atoms with Crippen molar-refractivity contribution >= 4 is 35.4 Å². The van der Waals surface area contributed by atoms with E-state index in [-0.39, 0.29) is 0 Å². The second kappa shape index (κ2) is 9.43. The molecule has 0 bridgehead atoms. The molecular formula is C23H27Cl2N5S. The summed E-state index contributed by atoms with van der Waals surface area (Å²) in [5.74, 6) is 1.07. The Morgan fingerprint density at radius 1 is 1.03 bits per heavy atom. The van der Waals surface area contributed by atoms with E-state index in [2.05, 4.69) is 53.5 Å². The van der Waals surface area contributed by atoms with Gasteiger partial charge in [0.05, 0.1) is 17.4 Å². The molecule has 2 heterocycles.